The molecule has 7 heteroatoms. The lowest BCUT2D eigenvalue weighted by Gasteiger charge is -2.22. The standard InChI is InChI=1S/C18H25N5O.ClH/c1-3-14-4-6-15(7-5-14)13(2)20-18(24)17-12-23(22-21-17)16-8-10-19-11-9-16;/h4-7,12-13,16,19H,3,8-11H2,1-2H3,(H,20,24);1H. The third-order valence-electron chi connectivity index (χ3n) is 4.66. The van der Waals surface area contributed by atoms with Crippen LogP contribution in [0.4, 0.5) is 0 Å². The van der Waals surface area contributed by atoms with Gasteiger partial charge in [0.1, 0.15) is 0 Å². The van der Waals surface area contributed by atoms with Gasteiger partial charge in [-0.1, -0.05) is 36.4 Å². The van der Waals surface area contributed by atoms with Crippen LogP contribution in [0.15, 0.2) is 30.5 Å². The number of aryl methyl sites for hydroxylation is 1. The van der Waals surface area contributed by atoms with Crippen LogP contribution in [0.5, 0.6) is 0 Å². The molecule has 136 valence electrons. The molecule has 25 heavy (non-hydrogen) atoms. The summed E-state index contributed by atoms with van der Waals surface area (Å²) in [5.74, 6) is -0.178. The van der Waals surface area contributed by atoms with E-state index in [2.05, 4.69) is 52.1 Å². The molecular formula is C18H26ClN5O. The Morgan fingerprint density at radius 2 is 2.00 bits per heavy atom. The monoisotopic (exact) mass is 363 g/mol. The summed E-state index contributed by atoms with van der Waals surface area (Å²) in [6.45, 7) is 6.08. The van der Waals surface area contributed by atoms with E-state index >= 15 is 0 Å². The molecule has 1 atom stereocenters. The van der Waals surface area contributed by atoms with Crippen LogP contribution < -0.4 is 10.6 Å². The molecule has 1 aromatic carbocycles. The van der Waals surface area contributed by atoms with Gasteiger partial charge < -0.3 is 10.6 Å². The second-order valence-electron chi connectivity index (χ2n) is 6.36. The maximum atomic E-state index is 12.4. The fourth-order valence-electron chi connectivity index (χ4n) is 3.03. The van der Waals surface area contributed by atoms with Gasteiger partial charge in [0.15, 0.2) is 5.69 Å². The van der Waals surface area contributed by atoms with E-state index in [4.69, 9.17) is 0 Å². The zero-order valence-electron chi connectivity index (χ0n) is 14.7. The van der Waals surface area contributed by atoms with Gasteiger partial charge >= 0.3 is 0 Å². The molecular weight excluding hydrogens is 338 g/mol. The second-order valence-corrected chi connectivity index (χ2v) is 6.36. The number of carbonyl (C=O) groups is 1. The Hall–Kier alpha value is -1.92. The van der Waals surface area contributed by atoms with Crippen molar-refractivity contribution < 1.29 is 4.79 Å². The molecule has 0 aliphatic carbocycles. The van der Waals surface area contributed by atoms with Gasteiger partial charge in [-0.3, -0.25) is 4.79 Å². The molecule has 1 unspecified atom stereocenters. The van der Waals surface area contributed by atoms with Crippen molar-refractivity contribution >= 4 is 18.3 Å². The first-order valence-corrected chi connectivity index (χ1v) is 8.69. The van der Waals surface area contributed by atoms with E-state index in [0.717, 1.165) is 37.9 Å². The number of benzene rings is 1. The molecule has 0 spiro atoms. The first-order chi connectivity index (χ1) is 11.7. The third-order valence-corrected chi connectivity index (χ3v) is 4.66. The highest BCUT2D eigenvalue weighted by Crippen LogP contribution is 2.18. The van der Waals surface area contributed by atoms with Crippen molar-refractivity contribution in [3.05, 3.63) is 47.3 Å². The molecule has 0 radical (unpaired) electrons. The highest BCUT2D eigenvalue weighted by molar-refractivity contribution is 5.92. The van der Waals surface area contributed by atoms with Crippen LogP contribution in [-0.4, -0.2) is 34.0 Å². The summed E-state index contributed by atoms with van der Waals surface area (Å²) >= 11 is 0. The van der Waals surface area contributed by atoms with E-state index in [1.165, 1.54) is 5.56 Å². The summed E-state index contributed by atoms with van der Waals surface area (Å²) < 4.78 is 1.83. The lowest BCUT2D eigenvalue weighted by molar-refractivity contribution is 0.0934. The predicted molar refractivity (Wildman–Crippen MR) is 100 cm³/mol. The predicted octanol–water partition coefficient (Wildman–Crippen LogP) is 2.68. The van der Waals surface area contributed by atoms with Crippen molar-refractivity contribution in [2.24, 2.45) is 0 Å². The number of nitrogens with zero attached hydrogens (tertiary/aromatic N) is 3. The van der Waals surface area contributed by atoms with Crippen molar-refractivity contribution in [2.45, 2.75) is 45.2 Å². The van der Waals surface area contributed by atoms with Crippen LogP contribution in [0.1, 0.15) is 60.4 Å². The molecule has 6 nitrogen and oxygen atoms in total. The van der Waals surface area contributed by atoms with Crippen molar-refractivity contribution in [3.63, 3.8) is 0 Å². The molecule has 2 heterocycles. The van der Waals surface area contributed by atoms with Gasteiger partial charge in [-0.15, -0.1) is 17.5 Å². The Morgan fingerprint density at radius 1 is 1.32 bits per heavy atom. The van der Waals surface area contributed by atoms with Crippen molar-refractivity contribution in [3.8, 4) is 0 Å². The largest absolute Gasteiger partial charge is 0.344 e. The second kappa shape index (κ2) is 8.97. The maximum absolute atomic E-state index is 12.4. The van der Waals surface area contributed by atoms with E-state index in [1.807, 2.05) is 11.6 Å². The molecule has 1 saturated heterocycles. The lowest BCUT2D eigenvalue weighted by Crippen LogP contribution is -2.29. The van der Waals surface area contributed by atoms with Gasteiger partial charge in [0.05, 0.1) is 18.3 Å². The molecule has 0 bridgehead atoms. The summed E-state index contributed by atoms with van der Waals surface area (Å²) in [6, 6.07) is 8.61. The Morgan fingerprint density at radius 3 is 2.64 bits per heavy atom. The molecule has 2 N–H and O–H groups in total. The van der Waals surface area contributed by atoms with Crippen LogP contribution in [0.2, 0.25) is 0 Å². The van der Waals surface area contributed by atoms with Crippen LogP contribution >= 0.6 is 12.4 Å². The fraction of sp³-hybridized carbons (Fsp3) is 0.500. The summed E-state index contributed by atoms with van der Waals surface area (Å²) in [5.41, 5.74) is 2.76. The third kappa shape index (κ3) is 4.80. The zero-order valence-corrected chi connectivity index (χ0v) is 15.6. The summed E-state index contributed by atoms with van der Waals surface area (Å²) in [4.78, 5) is 12.4. The van der Waals surface area contributed by atoms with Gasteiger partial charge in [-0.2, -0.15) is 0 Å². The number of hydrogen-bond donors (Lipinski definition) is 2. The minimum absolute atomic E-state index is 0. The number of hydrogen-bond acceptors (Lipinski definition) is 4. The van der Waals surface area contributed by atoms with E-state index in [-0.39, 0.29) is 24.4 Å². The molecule has 3 rings (SSSR count). The zero-order chi connectivity index (χ0) is 16.9. The minimum atomic E-state index is -0.178. The normalized spacial score (nSPS) is 16.1. The number of halogens is 1. The molecule has 1 aliphatic rings. The topological polar surface area (TPSA) is 71.8 Å². The Kier molecular flexibility index (Phi) is 6.96. The number of aromatic nitrogens is 3. The smallest absolute Gasteiger partial charge is 0.273 e. The number of piperidine rings is 1. The van der Waals surface area contributed by atoms with E-state index in [1.54, 1.807) is 6.20 Å². The van der Waals surface area contributed by atoms with Crippen LogP contribution in [0, 0.1) is 0 Å². The van der Waals surface area contributed by atoms with Gasteiger partial charge in [-0.25, -0.2) is 4.68 Å². The average Bonchev–Trinajstić information content (AvgIpc) is 3.13. The lowest BCUT2D eigenvalue weighted by atomic mass is 10.0. The molecule has 1 amide bonds. The first kappa shape index (κ1) is 19.4. The molecule has 0 saturated carbocycles. The van der Waals surface area contributed by atoms with Crippen molar-refractivity contribution in [1.29, 1.82) is 0 Å². The van der Waals surface area contributed by atoms with Gasteiger partial charge in [0, 0.05) is 0 Å². The molecule has 2 aromatic rings. The fourth-order valence-corrected chi connectivity index (χ4v) is 3.03. The van der Waals surface area contributed by atoms with Crippen LogP contribution in [0.25, 0.3) is 0 Å². The summed E-state index contributed by atoms with van der Waals surface area (Å²) in [7, 11) is 0. The Balaban J connectivity index is 0.00000225. The number of amides is 1. The van der Waals surface area contributed by atoms with Crippen LogP contribution in [-0.2, 0) is 6.42 Å². The molecule has 1 aromatic heterocycles. The van der Waals surface area contributed by atoms with E-state index in [0.29, 0.717) is 11.7 Å². The van der Waals surface area contributed by atoms with Gasteiger partial charge in [-0.05, 0) is 50.4 Å². The van der Waals surface area contributed by atoms with E-state index < -0.39 is 0 Å². The first-order valence-electron chi connectivity index (χ1n) is 8.69. The summed E-state index contributed by atoms with van der Waals surface area (Å²) in [5, 5.41) is 14.5. The highest BCUT2D eigenvalue weighted by atomic mass is 35.5. The maximum Gasteiger partial charge on any atom is 0.273 e. The SMILES string of the molecule is CCc1ccc(C(C)NC(=O)c2cn(C3CCNCC3)nn2)cc1.Cl. The average molecular weight is 364 g/mol. The molecule has 1 aliphatic heterocycles. The number of carbonyl (C=O) groups excluding carboxylic acids is 1. The number of nitrogens with one attached hydrogen (secondary N) is 2. The van der Waals surface area contributed by atoms with Crippen molar-refractivity contribution in [1.82, 2.24) is 25.6 Å². The van der Waals surface area contributed by atoms with E-state index in [9.17, 15) is 4.79 Å². The van der Waals surface area contributed by atoms with Crippen LogP contribution in [0.3, 0.4) is 0 Å². The van der Waals surface area contributed by atoms with Gasteiger partial charge in [0.25, 0.3) is 5.91 Å². The Labute approximate surface area is 154 Å². The van der Waals surface area contributed by atoms with Gasteiger partial charge in [0.2, 0.25) is 0 Å². The minimum Gasteiger partial charge on any atom is -0.344 e. The summed E-state index contributed by atoms with van der Waals surface area (Å²) in [6.07, 6.45) is 4.81. The molecule has 1 fully saturated rings. The Bertz CT molecular complexity index is 679. The highest BCUT2D eigenvalue weighted by Gasteiger charge is 2.19. The van der Waals surface area contributed by atoms with Crippen molar-refractivity contribution in [2.75, 3.05) is 13.1 Å². The number of rotatable bonds is 5. The quantitative estimate of drug-likeness (QED) is 0.856.